The Labute approximate surface area is 172 Å². The van der Waals surface area contributed by atoms with Crippen LogP contribution in [0.2, 0.25) is 0 Å². The standard InChI is InChI=1S/C21H12N4O4S/c26-20-18(30-21-23-16-3-1-2-4-17(16)24(20)21)11-13-5-8-15(9-6-13)29-19-10-7-14(12-22-19)25(27)28/h1-12H/b18-11+. The number of nitrogens with zero attached hydrogens (tertiary/aromatic N) is 4. The van der Waals surface area contributed by atoms with E-state index < -0.39 is 4.92 Å². The first-order valence-electron chi connectivity index (χ1n) is 8.88. The fourth-order valence-corrected chi connectivity index (χ4v) is 4.04. The van der Waals surface area contributed by atoms with Crippen LogP contribution in [0.3, 0.4) is 0 Å². The maximum atomic E-state index is 12.8. The van der Waals surface area contributed by atoms with E-state index in [1.54, 1.807) is 16.5 Å². The molecule has 3 aromatic heterocycles. The van der Waals surface area contributed by atoms with E-state index in [1.165, 1.54) is 23.5 Å². The smallest absolute Gasteiger partial charge is 0.287 e. The first-order valence-corrected chi connectivity index (χ1v) is 9.70. The summed E-state index contributed by atoms with van der Waals surface area (Å²) in [5, 5.41) is 10.7. The minimum Gasteiger partial charge on any atom is -0.439 e. The summed E-state index contributed by atoms with van der Waals surface area (Å²) in [6.45, 7) is 0. The molecule has 9 heteroatoms. The van der Waals surface area contributed by atoms with E-state index >= 15 is 0 Å². The van der Waals surface area contributed by atoms with Crippen molar-refractivity contribution in [3.05, 3.63) is 97.4 Å². The lowest BCUT2D eigenvalue weighted by Crippen LogP contribution is -2.22. The number of ether oxygens (including phenoxy) is 1. The molecule has 0 spiro atoms. The summed E-state index contributed by atoms with van der Waals surface area (Å²) < 4.78 is 7.83. The first-order chi connectivity index (χ1) is 14.6. The van der Waals surface area contributed by atoms with E-state index in [1.807, 2.05) is 42.5 Å². The van der Waals surface area contributed by atoms with Crippen LogP contribution in [0.25, 0.3) is 22.1 Å². The molecule has 5 aromatic rings. The quantitative estimate of drug-likeness (QED) is 0.328. The van der Waals surface area contributed by atoms with Crippen molar-refractivity contribution in [2.45, 2.75) is 0 Å². The molecular weight excluding hydrogens is 404 g/mol. The van der Waals surface area contributed by atoms with Gasteiger partial charge in [-0.05, 0) is 35.9 Å². The molecule has 0 N–H and O–H groups in total. The normalized spacial score (nSPS) is 11.9. The second-order valence-corrected chi connectivity index (χ2v) is 7.43. The Morgan fingerprint density at radius 3 is 2.60 bits per heavy atom. The summed E-state index contributed by atoms with van der Waals surface area (Å²) in [7, 11) is 0. The van der Waals surface area contributed by atoms with Gasteiger partial charge in [0.25, 0.3) is 11.2 Å². The van der Waals surface area contributed by atoms with Gasteiger partial charge < -0.3 is 4.74 Å². The molecule has 0 radical (unpaired) electrons. The number of hydrogen-bond donors (Lipinski definition) is 0. The topological polar surface area (TPSA) is 99.6 Å². The van der Waals surface area contributed by atoms with Crippen molar-refractivity contribution in [2.75, 3.05) is 0 Å². The van der Waals surface area contributed by atoms with E-state index in [0.29, 0.717) is 15.2 Å². The number of hydrogen-bond acceptors (Lipinski definition) is 7. The molecule has 0 aliphatic heterocycles. The fraction of sp³-hybridized carbons (Fsp3) is 0. The van der Waals surface area contributed by atoms with Crippen molar-refractivity contribution >= 4 is 39.1 Å². The summed E-state index contributed by atoms with van der Waals surface area (Å²) in [5.74, 6) is 0.786. The van der Waals surface area contributed by atoms with Gasteiger partial charge in [-0.15, -0.1) is 0 Å². The van der Waals surface area contributed by atoms with Crippen LogP contribution < -0.4 is 14.8 Å². The largest absolute Gasteiger partial charge is 0.439 e. The highest BCUT2D eigenvalue weighted by Gasteiger charge is 2.10. The van der Waals surface area contributed by atoms with Gasteiger partial charge in [0, 0.05) is 12.1 Å². The zero-order valence-corrected chi connectivity index (χ0v) is 16.1. The third kappa shape index (κ3) is 3.16. The van der Waals surface area contributed by atoms with Gasteiger partial charge in [0.1, 0.15) is 11.9 Å². The molecule has 3 heterocycles. The van der Waals surface area contributed by atoms with E-state index in [-0.39, 0.29) is 17.1 Å². The fourth-order valence-electron chi connectivity index (χ4n) is 3.06. The molecule has 0 amide bonds. The molecule has 0 saturated carbocycles. The molecule has 5 rings (SSSR count). The van der Waals surface area contributed by atoms with Crippen LogP contribution in [-0.4, -0.2) is 19.3 Å². The van der Waals surface area contributed by atoms with Crippen LogP contribution in [0.15, 0.2) is 71.7 Å². The molecule has 0 aliphatic carbocycles. The average Bonchev–Trinajstić information content (AvgIpc) is 3.26. The molecule has 0 saturated heterocycles. The Morgan fingerprint density at radius 1 is 1.07 bits per heavy atom. The highest BCUT2D eigenvalue weighted by atomic mass is 32.1. The first kappa shape index (κ1) is 18.0. The Morgan fingerprint density at radius 2 is 1.87 bits per heavy atom. The van der Waals surface area contributed by atoms with Gasteiger partial charge in [-0.3, -0.25) is 14.9 Å². The molecule has 146 valence electrons. The Balaban J connectivity index is 1.43. The molecule has 0 unspecified atom stereocenters. The van der Waals surface area contributed by atoms with Gasteiger partial charge in [0.15, 0.2) is 4.96 Å². The van der Waals surface area contributed by atoms with Gasteiger partial charge in [-0.25, -0.2) is 14.4 Å². The highest BCUT2D eigenvalue weighted by molar-refractivity contribution is 7.15. The number of nitro groups is 1. The van der Waals surface area contributed by atoms with E-state index in [0.717, 1.165) is 22.8 Å². The lowest BCUT2D eigenvalue weighted by molar-refractivity contribution is -0.385. The van der Waals surface area contributed by atoms with Crippen LogP contribution >= 0.6 is 11.3 Å². The number of para-hydroxylation sites is 2. The zero-order valence-electron chi connectivity index (χ0n) is 15.3. The van der Waals surface area contributed by atoms with Crippen LogP contribution in [-0.2, 0) is 0 Å². The molecule has 8 nitrogen and oxygen atoms in total. The molecule has 2 aromatic carbocycles. The third-order valence-electron chi connectivity index (χ3n) is 4.48. The summed E-state index contributed by atoms with van der Waals surface area (Å²) in [6, 6.07) is 17.4. The summed E-state index contributed by atoms with van der Waals surface area (Å²) >= 11 is 1.34. The van der Waals surface area contributed by atoms with Crippen molar-refractivity contribution in [2.24, 2.45) is 0 Å². The van der Waals surface area contributed by atoms with Gasteiger partial charge in [-0.1, -0.05) is 35.6 Å². The lowest BCUT2D eigenvalue weighted by Gasteiger charge is -2.04. The average molecular weight is 416 g/mol. The van der Waals surface area contributed by atoms with Crippen LogP contribution in [0.1, 0.15) is 5.56 Å². The van der Waals surface area contributed by atoms with Gasteiger partial charge >= 0.3 is 0 Å². The maximum absolute atomic E-state index is 12.8. The van der Waals surface area contributed by atoms with Crippen LogP contribution in [0.4, 0.5) is 5.69 Å². The van der Waals surface area contributed by atoms with Crippen LogP contribution in [0, 0.1) is 10.1 Å². The van der Waals surface area contributed by atoms with E-state index in [2.05, 4.69) is 9.97 Å². The number of fused-ring (bicyclic) bond motifs is 3. The number of thiazole rings is 1. The van der Waals surface area contributed by atoms with E-state index in [4.69, 9.17) is 4.74 Å². The highest BCUT2D eigenvalue weighted by Crippen LogP contribution is 2.22. The molecule has 0 fully saturated rings. The Kier molecular flexibility index (Phi) is 4.22. The number of aromatic nitrogens is 3. The van der Waals surface area contributed by atoms with Gasteiger partial charge in [0.05, 0.1) is 20.5 Å². The minimum atomic E-state index is -0.518. The third-order valence-corrected chi connectivity index (χ3v) is 5.45. The number of imidazole rings is 1. The number of pyridine rings is 1. The molecular formula is C21H12N4O4S. The van der Waals surface area contributed by atoms with Crippen molar-refractivity contribution in [3.63, 3.8) is 0 Å². The minimum absolute atomic E-state index is 0.0980. The van der Waals surface area contributed by atoms with Crippen LogP contribution in [0.5, 0.6) is 11.6 Å². The van der Waals surface area contributed by atoms with E-state index in [9.17, 15) is 14.9 Å². The summed E-state index contributed by atoms with van der Waals surface area (Å²) in [4.78, 5) is 32.1. The van der Waals surface area contributed by atoms with Gasteiger partial charge in [-0.2, -0.15) is 0 Å². The summed E-state index contributed by atoms with van der Waals surface area (Å²) in [5.41, 5.74) is 2.24. The molecule has 0 bridgehead atoms. The van der Waals surface area contributed by atoms with Crippen molar-refractivity contribution in [1.82, 2.24) is 14.4 Å². The Bertz CT molecular complexity index is 1510. The van der Waals surface area contributed by atoms with Crippen molar-refractivity contribution < 1.29 is 9.66 Å². The number of benzene rings is 2. The monoisotopic (exact) mass is 416 g/mol. The van der Waals surface area contributed by atoms with Gasteiger partial charge in [0.2, 0.25) is 5.88 Å². The summed E-state index contributed by atoms with van der Waals surface area (Å²) in [6.07, 6.45) is 2.95. The second-order valence-electron chi connectivity index (χ2n) is 6.42. The second kappa shape index (κ2) is 7.05. The lowest BCUT2D eigenvalue weighted by atomic mass is 10.2. The molecule has 0 atom stereocenters. The number of rotatable bonds is 4. The molecule has 30 heavy (non-hydrogen) atoms. The maximum Gasteiger partial charge on any atom is 0.287 e. The van der Waals surface area contributed by atoms with Crippen molar-refractivity contribution in [3.8, 4) is 11.6 Å². The van der Waals surface area contributed by atoms with Crippen molar-refractivity contribution in [1.29, 1.82) is 0 Å². The SMILES string of the molecule is O=c1/c(=C\c2ccc(Oc3ccc([N+](=O)[O-])cn3)cc2)sc2nc3ccccc3n12. The predicted molar refractivity (Wildman–Crippen MR) is 113 cm³/mol. The zero-order chi connectivity index (χ0) is 20.7. The predicted octanol–water partition coefficient (Wildman–Crippen LogP) is 3.55. The Hall–Kier alpha value is -4.11. The molecule has 0 aliphatic rings.